The number of halogens is 1. The largest absolute Gasteiger partial charge is 0.316 e. The van der Waals surface area contributed by atoms with E-state index in [2.05, 4.69) is 16.3 Å². The van der Waals surface area contributed by atoms with Crippen LogP contribution in [0.5, 0.6) is 0 Å². The number of hydrogen-bond acceptors (Lipinski definition) is 3. The van der Waals surface area contributed by atoms with Crippen molar-refractivity contribution in [3.63, 3.8) is 0 Å². The lowest BCUT2D eigenvalue weighted by Crippen LogP contribution is -2.51. The predicted molar refractivity (Wildman–Crippen MR) is 80.7 cm³/mol. The van der Waals surface area contributed by atoms with Crippen molar-refractivity contribution in [1.82, 2.24) is 10.2 Å². The van der Waals surface area contributed by atoms with E-state index in [0.29, 0.717) is 5.56 Å². The molecule has 0 radical (unpaired) electrons. The van der Waals surface area contributed by atoms with Gasteiger partial charge in [-0.05, 0) is 49.0 Å². The van der Waals surface area contributed by atoms with E-state index >= 15 is 0 Å². The number of nitrogens with one attached hydrogen (secondary N) is 1. The van der Waals surface area contributed by atoms with Gasteiger partial charge in [-0.25, -0.2) is 0 Å². The summed E-state index contributed by atoms with van der Waals surface area (Å²) in [4.78, 5) is 2.51. The Morgan fingerprint density at radius 1 is 1.25 bits per heavy atom. The molecule has 2 fully saturated rings. The Morgan fingerprint density at radius 2 is 1.90 bits per heavy atom. The van der Waals surface area contributed by atoms with Crippen LogP contribution in [-0.2, 0) is 0 Å². The lowest BCUT2D eigenvalue weighted by atomic mass is 9.86. The molecule has 106 valence electrons. The first-order valence-corrected chi connectivity index (χ1v) is 7.75. The maximum absolute atomic E-state index is 8.82. The summed E-state index contributed by atoms with van der Waals surface area (Å²) >= 11 is 6.55. The molecule has 0 spiro atoms. The normalized spacial score (nSPS) is 27.8. The van der Waals surface area contributed by atoms with E-state index < -0.39 is 0 Å². The highest BCUT2D eigenvalue weighted by molar-refractivity contribution is 6.21. The summed E-state index contributed by atoms with van der Waals surface area (Å²) in [7, 11) is 0. The first-order chi connectivity index (χ1) is 9.74. The van der Waals surface area contributed by atoms with E-state index in [1.165, 1.54) is 6.42 Å². The van der Waals surface area contributed by atoms with Crippen molar-refractivity contribution < 1.29 is 0 Å². The summed E-state index contributed by atoms with van der Waals surface area (Å²) in [5.74, 6) is 1.57. The molecule has 2 saturated heterocycles. The van der Waals surface area contributed by atoms with E-state index in [1.807, 2.05) is 24.3 Å². The molecule has 2 aliphatic heterocycles. The number of benzene rings is 1. The zero-order valence-corrected chi connectivity index (χ0v) is 12.3. The average Bonchev–Trinajstić information content (AvgIpc) is 2.47. The first kappa shape index (κ1) is 13.9. The van der Waals surface area contributed by atoms with Crippen LogP contribution in [0.15, 0.2) is 24.3 Å². The van der Waals surface area contributed by atoms with Crippen molar-refractivity contribution in [2.75, 3.05) is 32.7 Å². The van der Waals surface area contributed by atoms with Crippen molar-refractivity contribution >= 4 is 11.6 Å². The minimum atomic E-state index is 0.00882. The summed E-state index contributed by atoms with van der Waals surface area (Å²) in [6, 6.07) is 9.78. The van der Waals surface area contributed by atoms with Crippen LogP contribution in [0.4, 0.5) is 0 Å². The molecule has 3 rings (SSSR count). The molecule has 2 aliphatic rings. The topological polar surface area (TPSA) is 39.1 Å². The van der Waals surface area contributed by atoms with Crippen molar-refractivity contribution in [2.45, 2.75) is 11.8 Å². The van der Waals surface area contributed by atoms with E-state index in [0.717, 1.165) is 50.1 Å². The van der Waals surface area contributed by atoms with Gasteiger partial charge in [-0.1, -0.05) is 12.1 Å². The Morgan fingerprint density at radius 3 is 2.50 bits per heavy atom. The molecule has 0 aliphatic carbocycles. The average molecular weight is 290 g/mol. The van der Waals surface area contributed by atoms with Crippen LogP contribution in [-0.4, -0.2) is 37.6 Å². The van der Waals surface area contributed by atoms with Crippen molar-refractivity contribution in [3.8, 4) is 6.07 Å². The molecule has 2 heterocycles. The van der Waals surface area contributed by atoms with Gasteiger partial charge < -0.3 is 10.2 Å². The lowest BCUT2D eigenvalue weighted by Gasteiger charge is -2.42. The van der Waals surface area contributed by atoms with Gasteiger partial charge in [-0.2, -0.15) is 5.26 Å². The zero-order chi connectivity index (χ0) is 13.9. The van der Waals surface area contributed by atoms with Crippen LogP contribution in [0.1, 0.15) is 22.9 Å². The van der Waals surface area contributed by atoms with E-state index in [4.69, 9.17) is 16.9 Å². The summed E-state index contributed by atoms with van der Waals surface area (Å²) in [6.45, 7) is 5.51. The first-order valence-electron chi connectivity index (χ1n) is 7.32. The third-order valence-electron chi connectivity index (χ3n) is 4.39. The maximum Gasteiger partial charge on any atom is 0.0991 e. The number of nitrogens with zero attached hydrogens (tertiary/aromatic N) is 2. The summed E-state index contributed by atoms with van der Waals surface area (Å²) in [5, 5.41) is 12.3. The van der Waals surface area contributed by atoms with Crippen LogP contribution >= 0.6 is 11.6 Å². The summed E-state index contributed by atoms with van der Waals surface area (Å²) in [5.41, 5.74) is 1.80. The number of rotatable bonds is 3. The van der Waals surface area contributed by atoms with Gasteiger partial charge in [0.2, 0.25) is 0 Å². The molecule has 3 nitrogen and oxygen atoms in total. The Kier molecular flexibility index (Phi) is 4.26. The fourth-order valence-electron chi connectivity index (χ4n) is 3.46. The Bertz CT molecular complexity index is 481. The molecule has 3 atom stereocenters. The maximum atomic E-state index is 8.82. The zero-order valence-electron chi connectivity index (χ0n) is 11.6. The molecular weight excluding hydrogens is 270 g/mol. The number of nitriles is 1. The van der Waals surface area contributed by atoms with Crippen LogP contribution < -0.4 is 5.32 Å². The van der Waals surface area contributed by atoms with Gasteiger partial charge >= 0.3 is 0 Å². The van der Waals surface area contributed by atoms with Gasteiger partial charge in [0.1, 0.15) is 0 Å². The third kappa shape index (κ3) is 3.15. The van der Waals surface area contributed by atoms with Gasteiger partial charge in [0, 0.05) is 19.6 Å². The number of hydrogen-bond donors (Lipinski definition) is 1. The minimum absolute atomic E-state index is 0.00882. The van der Waals surface area contributed by atoms with Gasteiger partial charge in [0.25, 0.3) is 0 Å². The van der Waals surface area contributed by atoms with E-state index in [9.17, 15) is 0 Å². The molecule has 2 bridgehead atoms. The fraction of sp³-hybridized carbons (Fsp3) is 0.562. The highest BCUT2D eigenvalue weighted by atomic mass is 35.5. The smallest absolute Gasteiger partial charge is 0.0991 e. The molecule has 0 amide bonds. The molecule has 4 heteroatoms. The number of fused-ring (bicyclic) bond motifs is 2. The van der Waals surface area contributed by atoms with Crippen molar-refractivity contribution in [2.24, 2.45) is 11.8 Å². The minimum Gasteiger partial charge on any atom is -0.316 e. The van der Waals surface area contributed by atoms with Gasteiger partial charge in [-0.15, -0.1) is 11.6 Å². The molecular formula is C16H20ClN3. The second kappa shape index (κ2) is 6.13. The van der Waals surface area contributed by atoms with E-state index in [-0.39, 0.29) is 5.38 Å². The highest BCUT2D eigenvalue weighted by Gasteiger charge is 2.31. The quantitative estimate of drug-likeness (QED) is 0.869. The highest BCUT2D eigenvalue weighted by Crippen LogP contribution is 2.28. The molecule has 1 aromatic rings. The van der Waals surface area contributed by atoms with Gasteiger partial charge in [0.05, 0.1) is 17.0 Å². The number of likely N-dealkylation sites (tertiary alicyclic amines) is 1. The summed E-state index contributed by atoms with van der Waals surface area (Å²) < 4.78 is 0. The van der Waals surface area contributed by atoms with Crippen LogP contribution in [0.2, 0.25) is 0 Å². The number of alkyl halides is 1. The van der Waals surface area contributed by atoms with Crippen molar-refractivity contribution in [3.05, 3.63) is 35.4 Å². The second-order valence-electron chi connectivity index (χ2n) is 6.05. The molecule has 20 heavy (non-hydrogen) atoms. The Labute approximate surface area is 125 Å². The van der Waals surface area contributed by atoms with Crippen LogP contribution in [0, 0.1) is 23.2 Å². The molecule has 1 N–H and O–H groups in total. The molecule has 0 aromatic heterocycles. The van der Waals surface area contributed by atoms with Crippen molar-refractivity contribution in [1.29, 1.82) is 5.26 Å². The van der Waals surface area contributed by atoms with Gasteiger partial charge in [-0.3, -0.25) is 0 Å². The molecule has 1 aromatic carbocycles. The van der Waals surface area contributed by atoms with Gasteiger partial charge in [0.15, 0.2) is 0 Å². The van der Waals surface area contributed by atoms with Crippen LogP contribution in [0.3, 0.4) is 0 Å². The summed E-state index contributed by atoms with van der Waals surface area (Å²) in [6.07, 6.45) is 1.37. The third-order valence-corrected chi connectivity index (χ3v) is 4.78. The van der Waals surface area contributed by atoms with E-state index in [1.54, 1.807) is 0 Å². The van der Waals surface area contributed by atoms with Crippen LogP contribution in [0.25, 0.3) is 0 Å². The number of piperidine rings is 2. The second-order valence-corrected chi connectivity index (χ2v) is 6.57. The Balaban J connectivity index is 1.60. The fourth-order valence-corrected chi connectivity index (χ4v) is 3.80. The monoisotopic (exact) mass is 289 g/mol. The lowest BCUT2D eigenvalue weighted by molar-refractivity contribution is 0.0974. The predicted octanol–water partition coefficient (Wildman–Crippen LogP) is 2.38. The molecule has 3 unspecified atom stereocenters. The SMILES string of the molecule is N#Cc1ccc(C(Cl)CN2CC3CNCC(C3)C2)cc1. The molecule has 0 saturated carbocycles. The Hall–Kier alpha value is -1.08. The standard InChI is InChI=1S/C16H20ClN3/c17-16(15-3-1-12(6-18)2-4-15)11-20-9-13-5-14(10-20)8-19-7-13/h1-4,13-14,16,19H,5,7-11H2.